The maximum absolute atomic E-state index is 13.1. The smallest absolute Gasteiger partial charge is 0.184 e. The molecule has 2 rings (SSSR count). The van der Waals surface area contributed by atoms with Crippen molar-refractivity contribution in [2.24, 2.45) is 0 Å². The largest absolute Gasteiger partial charge is 0.473 e. The van der Waals surface area contributed by atoms with E-state index < -0.39 is 17.7 Å². The maximum atomic E-state index is 13.1. The zero-order valence-corrected chi connectivity index (χ0v) is 9.44. The first-order valence-corrected chi connectivity index (χ1v) is 5.33. The molecule has 0 N–H and O–H groups in total. The van der Waals surface area contributed by atoms with Gasteiger partial charge in [-0.25, -0.2) is 8.78 Å². The van der Waals surface area contributed by atoms with E-state index in [0.29, 0.717) is 5.75 Å². The predicted octanol–water partition coefficient (Wildman–Crippen LogP) is 3.72. The normalized spacial score (nSPS) is 11.6. The van der Waals surface area contributed by atoms with Crippen LogP contribution in [0.25, 0.3) is 0 Å². The number of para-hydroxylation sites is 1. The molecule has 2 aromatic rings. The Balaban J connectivity index is 2.26. The van der Waals surface area contributed by atoms with Gasteiger partial charge in [-0.3, -0.25) is 0 Å². The minimum absolute atomic E-state index is 0.277. The van der Waals surface area contributed by atoms with Crippen molar-refractivity contribution in [3.8, 4) is 18.1 Å². The van der Waals surface area contributed by atoms with Crippen LogP contribution in [0.3, 0.4) is 0 Å². The first-order chi connectivity index (χ1) is 8.69. The Morgan fingerprint density at radius 2 is 1.61 bits per heavy atom. The lowest BCUT2D eigenvalue weighted by atomic mass is 10.1. The van der Waals surface area contributed by atoms with Crippen LogP contribution in [-0.2, 0) is 0 Å². The topological polar surface area (TPSA) is 9.23 Å². The van der Waals surface area contributed by atoms with E-state index in [1.807, 2.05) is 6.07 Å². The van der Waals surface area contributed by atoms with E-state index >= 15 is 0 Å². The van der Waals surface area contributed by atoms with Gasteiger partial charge in [-0.15, -0.1) is 6.42 Å². The Kier molecular flexibility index (Phi) is 3.59. The number of hydrogen-bond donors (Lipinski definition) is 0. The van der Waals surface area contributed by atoms with Gasteiger partial charge in [-0.1, -0.05) is 24.1 Å². The Bertz CT molecular complexity index is 553. The van der Waals surface area contributed by atoms with E-state index in [0.717, 1.165) is 18.2 Å². The van der Waals surface area contributed by atoms with E-state index in [9.17, 15) is 8.78 Å². The zero-order chi connectivity index (χ0) is 13.0. The van der Waals surface area contributed by atoms with Gasteiger partial charge in [0, 0.05) is 11.6 Å². The highest BCUT2D eigenvalue weighted by atomic mass is 19.1. The summed E-state index contributed by atoms with van der Waals surface area (Å²) in [5.74, 6) is 1.55. The number of benzene rings is 2. The number of ether oxygens (including phenoxy) is 1. The second-order valence-corrected chi connectivity index (χ2v) is 3.68. The Morgan fingerprint density at radius 3 is 2.17 bits per heavy atom. The van der Waals surface area contributed by atoms with Gasteiger partial charge in [-0.05, 0) is 24.3 Å². The van der Waals surface area contributed by atoms with Crippen molar-refractivity contribution >= 4 is 0 Å². The second-order valence-electron chi connectivity index (χ2n) is 3.68. The molecule has 1 nitrogen and oxygen atoms in total. The highest BCUT2D eigenvalue weighted by Crippen LogP contribution is 2.22. The van der Waals surface area contributed by atoms with Crippen LogP contribution in [0, 0.1) is 24.0 Å². The summed E-state index contributed by atoms with van der Waals surface area (Å²) in [5, 5.41) is 0. The molecule has 0 aliphatic rings. The van der Waals surface area contributed by atoms with Gasteiger partial charge in [0.1, 0.15) is 17.4 Å². The summed E-state index contributed by atoms with van der Waals surface area (Å²) in [6.45, 7) is 0. The molecule has 0 aliphatic heterocycles. The highest BCUT2D eigenvalue weighted by Gasteiger charge is 2.12. The van der Waals surface area contributed by atoms with Crippen LogP contribution in [0.5, 0.6) is 5.75 Å². The summed E-state index contributed by atoms with van der Waals surface area (Å²) in [6, 6.07) is 12.0. The third-order valence-electron chi connectivity index (χ3n) is 2.34. The van der Waals surface area contributed by atoms with Crippen molar-refractivity contribution in [1.82, 2.24) is 0 Å². The fraction of sp³-hybridized carbons (Fsp3) is 0.0667. The summed E-state index contributed by atoms with van der Waals surface area (Å²) in [4.78, 5) is 0. The summed E-state index contributed by atoms with van der Waals surface area (Å²) in [5.41, 5.74) is 0.277. The summed E-state index contributed by atoms with van der Waals surface area (Å²) in [6.07, 6.45) is 4.51. The van der Waals surface area contributed by atoms with Gasteiger partial charge in [0.2, 0.25) is 0 Å². The fourth-order valence-corrected chi connectivity index (χ4v) is 1.56. The van der Waals surface area contributed by atoms with Gasteiger partial charge in [0.15, 0.2) is 6.10 Å². The van der Waals surface area contributed by atoms with Gasteiger partial charge in [0.25, 0.3) is 0 Å². The summed E-state index contributed by atoms with van der Waals surface area (Å²) in [7, 11) is 0. The monoisotopic (exact) mass is 244 g/mol. The number of hydrogen-bond acceptors (Lipinski definition) is 1. The molecule has 0 saturated carbocycles. The molecule has 0 bridgehead atoms. The molecule has 18 heavy (non-hydrogen) atoms. The van der Waals surface area contributed by atoms with E-state index in [-0.39, 0.29) is 5.56 Å². The van der Waals surface area contributed by atoms with E-state index in [1.54, 1.807) is 24.3 Å². The molecule has 1 atom stereocenters. The highest BCUT2D eigenvalue weighted by molar-refractivity contribution is 5.29. The first kappa shape index (κ1) is 12.1. The van der Waals surface area contributed by atoms with Gasteiger partial charge < -0.3 is 4.74 Å². The molecule has 0 amide bonds. The minimum atomic E-state index is -0.822. The molecule has 1 unspecified atom stereocenters. The second kappa shape index (κ2) is 5.33. The van der Waals surface area contributed by atoms with Crippen LogP contribution >= 0.6 is 0 Å². The molecular weight excluding hydrogens is 234 g/mol. The average molecular weight is 244 g/mol. The Hall–Kier alpha value is -2.34. The first-order valence-electron chi connectivity index (χ1n) is 5.33. The van der Waals surface area contributed by atoms with Crippen LogP contribution < -0.4 is 4.74 Å². The SMILES string of the molecule is C#CC(Oc1ccccc1)c1cc(F)cc(F)c1. The predicted molar refractivity (Wildman–Crippen MR) is 65.0 cm³/mol. The fourth-order valence-electron chi connectivity index (χ4n) is 1.56. The molecule has 2 aromatic carbocycles. The van der Waals surface area contributed by atoms with Crippen LogP contribution in [0.2, 0.25) is 0 Å². The van der Waals surface area contributed by atoms with Crippen LogP contribution in [0.1, 0.15) is 11.7 Å². The third kappa shape index (κ3) is 2.86. The molecule has 0 saturated heterocycles. The Labute approximate surface area is 104 Å². The summed E-state index contributed by atoms with van der Waals surface area (Å²) >= 11 is 0. The van der Waals surface area contributed by atoms with Gasteiger partial charge >= 0.3 is 0 Å². The van der Waals surface area contributed by atoms with E-state index in [1.165, 1.54) is 0 Å². The number of rotatable bonds is 3. The maximum Gasteiger partial charge on any atom is 0.184 e. The van der Waals surface area contributed by atoms with Gasteiger partial charge in [0.05, 0.1) is 0 Å². The molecule has 0 aliphatic carbocycles. The van der Waals surface area contributed by atoms with E-state index in [4.69, 9.17) is 11.2 Å². The van der Waals surface area contributed by atoms with Crippen molar-refractivity contribution in [3.05, 3.63) is 65.7 Å². The van der Waals surface area contributed by atoms with E-state index in [2.05, 4.69) is 5.92 Å². The molecule has 0 spiro atoms. The lowest BCUT2D eigenvalue weighted by Gasteiger charge is -2.14. The lowest BCUT2D eigenvalue weighted by Crippen LogP contribution is -2.06. The summed E-state index contributed by atoms with van der Waals surface area (Å²) < 4.78 is 31.7. The molecule has 3 heteroatoms. The minimum Gasteiger partial charge on any atom is -0.473 e. The molecule has 0 fully saturated rings. The van der Waals surface area contributed by atoms with Crippen molar-refractivity contribution in [3.63, 3.8) is 0 Å². The molecule has 0 heterocycles. The van der Waals surface area contributed by atoms with Crippen molar-refractivity contribution in [1.29, 1.82) is 0 Å². The van der Waals surface area contributed by atoms with Crippen LogP contribution in [0.15, 0.2) is 48.5 Å². The number of terminal acetylenes is 1. The van der Waals surface area contributed by atoms with Crippen molar-refractivity contribution in [2.75, 3.05) is 0 Å². The van der Waals surface area contributed by atoms with Gasteiger partial charge in [-0.2, -0.15) is 0 Å². The quantitative estimate of drug-likeness (QED) is 0.748. The molecule has 0 radical (unpaired) electrons. The number of halogens is 2. The molecule has 90 valence electrons. The van der Waals surface area contributed by atoms with Crippen LogP contribution in [-0.4, -0.2) is 0 Å². The zero-order valence-electron chi connectivity index (χ0n) is 9.44. The lowest BCUT2D eigenvalue weighted by molar-refractivity contribution is 0.264. The van der Waals surface area contributed by atoms with Crippen molar-refractivity contribution in [2.45, 2.75) is 6.10 Å². The van der Waals surface area contributed by atoms with Crippen LogP contribution in [0.4, 0.5) is 8.78 Å². The Morgan fingerprint density at radius 1 is 1.00 bits per heavy atom. The standard InChI is InChI=1S/C15H10F2O/c1-2-15(18-14-6-4-3-5-7-14)11-8-12(16)10-13(17)9-11/h1,3-10,15H. The average Bonchev–Trinajstić information content (AvgIpc) is 2.36. The van der Waals surface area contributed by atoms with Crippen molar-refractivity contribution < 1.29 is 13.5 Å². The third-order valence-corrected chi connectivity index (χ3v) is 2.34. The molecular formula is C15H10F2O. The molecule has 0 aromatic heterocycles.